The van der Waals surface area contributed by atoms with Gasteiger partial charge in [0.25, 0.3) is 0 Å². The van der Waals surface area contributed by atoms with Gasteiger partial charge in [-0.3, -0.25) is 4.79 Å². The van der Waals surface area contributed by atoms with Crippen LogP contribution in [0.3, 0.4) is 0 Å². The highest BCUT2D eigenvalue weighted by Crippen LogP contribution is 2.09. The van der Waals surface area contributed by atoms with Crippen molar-refractivity contribution in [3.8, 4) is 0 Å². The Bertz CT molecular complexity index is 377. The summed E-state index contributed by atoms with van der Waals surface area (Å²) in [4.78, 5) is 11.5. The summed E-state index contributed by atoms with van der Waals surface area (Å²) < 4.78 is 26.0. The first-order valence-electron chi connectivity index (χ1n) is 5.19. The second kappa shape index (κ2) is 5.70. The molecule has 0 saturated heterocycles. The zero-order valence-corrected chi connectivity index (χ0v) is 9.39. The molecule has 0 amide bonds. The predicted molar refractivity (Wildman–Crippen MR) is 58.4 cm³/mol. The molecular weight excluding hydrogens is 212 g/mol. The molecule has 4 heteroatoms. The highest BCUT2D eigenvalue weighted by atomic mass is 19.1. The Labute approximate surface area is 93.7 Å². The Morgan fingerprint density at radius 2 is 2.06 bits per heavy atom. The number of benzene rings is 1. The van der Waals surface area contributed by atoms with Crippen LogP contribution in [0.25, 0.3) is 0 Å². The van der Waals surface area contributed by atoms with Crippen molar-refractivity contribution < 1.29 is 13.6 Å². The first-order valence-corrected chi connectivity index (χ1v) is 5.19. The fraction of sp³-hybridized carbons (Fsp3) is 0.417. The van der Waals surface area contributed by atoms with E-state index in [-0.39, 0.29) is 12.1 Å². The van der Waals surface area contributed by atoms with E-state index in [1.165, 1.54) is 0 Å². The van der Waals surface area contributed by atoms with E-state index in [9.17, 15) is 13.6 Å². The van der Waals surface area contributed by atoms with Crippen LogP contribution in [0.15, 0.2) is 18.2 Å². The standard InChI is InChI=1S/C12H15F2NO/c1-8(2)6-15-7-12(16)10-5-9(13)3-4-11(10)14/h3-5,8,15H,6-7H2,1-2H3. The van der Waals surface area contributed by atoms with Crippen molar-refractivity contribution in [2.24, 2.45) is 5.92 Å². The average molecular weight is 227 g/mol. The predicted octanol–water partition coefficient (Wildman–Crippen LogP) is 2.39. The number of carbonyl (C=O) groups is 1. The Kier molecular flexibility index (Phi) is 4.55. The Balaban J connectivity index is 2.62. The second-order valence-electron chi connectivity index (χ2n) is 4.07. The molecule has 0 aliphatic rings. The lowest BCUT2D eigenvalue weighted by atomic mass is 10.1. The largest absolute Gasteiger partial charge is 0.309 e. The van der Waals surface area contributed by atoms with E-state index < -0.39 is 17.4 Å². The fourth-order valence-corrected chi connectivity index (χ4v) is 1.28. The van der Waals surface area contributed by atoms with Gasteiger partial charge in [0.15, 0.2) is 5.78 Å². The van der Waals surface area contributed by atoms with Crippen molar-refractivity contribution in [2.75, 3.05) is 13.1 Å². The first kappa shape index (κ1) is 12.8. The Hall–Kier alpha value is -1.29. The van der Waals surface area contributed by atoms with Gasteiger partial charge < -0.3 is 5.32 Å². The minimum atomic E-state index is -0.683. The van der Waals surface area contributed by atoms with Crippen molar-refractivity contribution in [1.29, 1.82) is 0 Å². The van der Waals surface area contributed by atoms with E-state index in [1.807, 2.05) is 13.8 Å². The quantitative estimate of drug-likeness (QED) is 0.782. The molecule has 0 unspecified atom stereocenters. The van der Waals surface area contributed by atoms with E-state index in [4.69, 9.17) is 0 Å². The van der Waals surface area contributed by atoms with E-state index in [0.29, 0.717) is 12.5 Å². The maximum Gasteiger partial charge on any atom is 0.179 e. The van der Waals surface area contributed by atoms with Crippen LogP contribution in [0.5, 0.6) is 0 Å². The Morgan fingerprint density at radius 1 is 1.38 bits per heavy atom. The summed E-state index contributed by atoms with van der Waals surface area (Å²) >= 11 is 0. The lowest BCUT2D eigenvalue weighted by Crippen LogP contribution is -2.27. The van der Waals surface area contributed by atoms with Crippen LogP contribution < -0.4 is 5.32 Å². The number of nitrogens with one attached hydrogen (secondary N) is 1. The molecule has 0 fully saturated rings. The molecule has 1 rings (SSSR count). The highest BCUT2D eigenvalue weighted by Gasteiger charge is 2.12. The topological polar surface area (TPSA) is 29.1 Å². The fourth-order valence-electron chi connectivity index (χ4n) is 1.28. The minimum absolute atomic E-state index is 0.0263. The zero-order valence-electron chi connectivity index (χ0n) is 9.39. The van der Waals surface area contributed by atoms with E-state index in [2.05, 4.69) is 5.32 Å². The zero-order chi connectivity index (χ0) is 12.1. The summed E-state index contributed by atoms with van der Waals surface area (Å²) in [5.74, 6) is -1.31. The summed E-state index contributed by atoms with van der Waals surface area (Å²) in [5, 5.41) is 2.89. The van der Waals surface area contributed by atoms with E-state index in [1.54, 1.807) is 0 Å². The van der Waals surface area contributed by atoms with Crippen LogP contribution in [-0.4, -0.2) is 18.9 Å². The molecule has 0 aliphatic heterocycles. The summed E-state index contributed by atoms with van der Waals surface area (Å²) in [6.45, 7) is 4.70. The van der Waals surface area contributed by atoms with Gasteiger partial charge >= 0.3 is 0 Å². The second-order valence-corrected chi connectivity index (χ2v) is 4.07. The van der Waals surface area contributed by atoms with E-state index >= 15 is 0 Å². The number of halogens is 2. The number of hydrogen-bond donors (Lipinski definition) is 1. The molecule has 16 heavy (non-hydrogen) atoms. The van der Waals surface area contributed by atoms with Crippen LogP contribution in [-0.2, 0) is 0 Å². The van der Waals surface area contributed by atoms with Gasteiger partial charge in [-0.15, -0.1) is 0 Å². The minimum Gasteiger partial charge on any atom is -0.309 e. The van der Waals surface area contributed by atoms with Crippen molar-refractivity contribution in [3.63, 3.8) is 0 Å². The monoisotopic (exact) mass is 227 g/mol. The van der Waals surface area contributed by atoms with Crippen molar-refractivity contribution in [1.82, 2.24) is 5.32 Å². The van der Waals surface area contributed by atoms with Gasteiger partial charge in [-0.05, 0) is 30.7 Å². The van der Waals surface area contributed by atoms with E-state index in [0.717, 1.165) is 18.2 Å². The molecule has 0 heterocycles. The lowest BCUT2D eigenvalue weighted by molar-refractivity contribution is 0.0986. The van der Waals surface area contributed by atoms with Crippen LogP contribution in [0.1, 0.15) is 24.2 Å². The number of Topliss-reactive ketones (excluding diaryl/α,β-unsaturated/α-hetero) is 1. The van der Waals surface area contributed by atoms with Gasteiger partial charge in [0, 0.05) is 0 Å². The molecule has 2 nitrogen and oxygen atoms in total. The molecule has 0 spiro atoms. The van der Waals surface area contributed by atoms with Crippen LogP contribution in [0.2, 0.25) is 0 Å². The lowest BCUT2D eigenvalue weighted by Gasteiger charge is -2.07. The normalized spacial score (nSPS) is 10.8. The number of hydrogen-bond acceptors (Lipinski definition) is 2. The maximum absolute atomic E-state index is 13.2. The number of carbonyl (C=O) groups excluding carboxylic acids is 1. The summed E-state index contributed by atoms with van der Waals surface area (Å²) in [7, 11) is 0. The van der Waals surface area contributed by atoms with Crippen molar-refractivity contribution in [3.05, 3.63) is 35.4 Å². The van der Waals surface area contributed by atoms with Gasteiger partial charge in [-0.1, -0.05) is 13.8 Å². The molecule has 0 bridgehead atoms. The van der Waals surface area contributed by atoms with Crippen LogP contribution in [0.4, 0.5) is 8.78 Å². The van der Waals surface area contributed by atoms with Gasteiger partial charge in [0.05, 0.1) is 12.1 Å². The third-order valence-electron chi connectivity index (χ3n) is 2.07. The molecule has 0 aliphatic carbocycles. The molecule has 0 aromatic heterocycles. The van der Waals surface area contributed by atoms with Gasteiger partial charge in [-0.25, -0.2) is 8.78 Å². The summed E-state index contributed by atoms with van der Waals surface area (Å²) in [6, 6.07) is 2.88. The van der Waals surface area contributed by atoms with Gasteiger partial charge in [0.1, 0.15) is 11.6 Å². The summed E-state index contributed by atoms with van der Waals surface area (Å²) in [6.07, 6.45) is 0. The SMILES string of the molecule is CC(C)CNCC(=O)c1cc(F)ccc1F. The van der Waals surface area contributed by atoms with Gasteiger partial charge in [0.2, 0.25) is 0 Å². The number of rotatable bonds is 5. The first-order chi connectivity index (χ1) is 7.50. The smallest absolute Gasteiger partial charge is 0.179 e. The molecule has 1 aromatic carbocycles. The summed E-state index contributed by atoms with van der Waals surface area (Å²) in [5.41, 5.74) is -0.198. The number of ketones is 1. The molecule has 1 N–H and O–H groups in total. The average Bonchev–Trinajstić information content (AvgIpc) is 2.21. The third-order valence-corrected chi connectivity index (χ3v) is 2.07. The highest BCUT2D eigenvalue weighted by molar-refractivity contribution is 5.97. The molecule has 0 saturated carbocycles. The Morgan fingerprint density at radius 3 is 2.69 bits per heavy atom. The molecule has 0 radical (unpaired) electrons. The van der Waals surface area contributed by atoms with Crippen LogP contribution in [0, 0.1) is 17.6 Å². The van der Waals surface area contributed by atoms with Crippen LogP contribution >= 0.6 is 0 Å². The third kappa shape index (κ3) is 3.70. The van der Waals surface area contributed by atoms with Gasteiger partial charge in [-0.2, -0.15) is 0 Å². The van der Waals surface area contributed by atoms with Crippen molar-refractivity contribution >= 4 is 5.78 Å². The molecule has 0 atom stereocenters. The maximum atomic E-state index is 13.2. The molecule has 88 valence electrons. The van der Waals surface area contributed by atoms with Crippen molar-refractivity contribution in [2.45, 2.75) is 13.8 Å². The molecular formula is C12H15F2NO. The molecule has 1 aromatic rings.